The van der Waals surface area contributed by atoms with Gasteiger partial charge in [-0.3, -0.25) is 4.79 Å². The highest BCUT2D eigenvalue weighted by Gasteiger charge is 2.14. The molecule has 0 aliphatic heterocycles. The van der Waals surface area contributed by atoms with Crippen LogP contribution in [0.3, 0.4) is 0 Å². The van der Waals surface area contributed by atoms with Crippen molar-refractivity contribution in [3.63, 3.8) is 0 Å². The normalized spacial score (nSPS) is 11.2. The first kappa shape index (κ1) is 13.3. The van der Waals surface area contributed by atoms with Crippen LogP contribution in [-0.2, 0) is 4.79 Å². The molecule has 0 saturated heterocycles. The fourth-order valence-corrected chi connectivity index (χ4v) is 1.36. The molecule has 0 saturated carbocycles. The van der Waals surface area contributed by atoms with E-state index < -0.39 is 5.54 Å². The Labute approximate surface area is 107 Å². The Morgan fingerprint density at radius 2 is 2.12 bits per heavy atom. The van der Waals surface area contributed by atoms with Crippen molar-refractivity contribution in [2.24, 2.45) is 0 Å². The number of nitrogens with one attached hydrogen (secondary N) is 1. The Hall–Kier alpha value is -1.72. The maximum atomic E-state index is 11.6. The largest absolute Gasteiger partial charge is 0.337 e. The number of hydrogen-bond donors (Lipinski definition) is 1. The van der Waals surface area contributed by atoms with Crippen molar-refractivity contribution < 1.29 is 4.79 Å². The van der Waals surface area contributed by atoms with Gasteiger partial charge in [0.05, 0.1) is 5.54 Å². The van der Waals surface area contributed by atoms with Crippen molar-refractivity contribution in [3.05, 3.63) is 40.9 Å². The minimum absolute atomic E-state index is 0.243. The van der Waals surface area contributed by atoms with Crippen LogP contribution in [0.2, 0.25) is 5.02 Å². The van der Waals surface area contributed by atoms with Gasteiger partial charge in [-0.25, -0.2) is 0 Å². The van der Waals surface area contributed by atoms with Gasteiger partial charge in [-0.1, -0.05) is 35.7 Å². The molecule has 0 spiro atoms. The van der Waals surface area contributed by atoms with E-state index in [0.29, 0.717) is 5.02 Å². The van der Waals surface area contributed by atoms with Crippen LogP contribution in [0, 0.1) is 12.3 Å². The third kappa shape index (κ3) is 4.34. The molecule has 88 valence electrons. The van der Waals surface area contributed by atoms with Crippen LogP contribution in [-0.4, -0.2) is 11.4 Å². The highest BCUT2D eigenvalue weighted by atomic mass is 35.5. The molecule has 0 bridgehead atoms. The Bertz CT molecular complexity index is 483. The van der Waals surface area contributed by atoms with Gasteiger partial charge in [0, 0.05) is 11.1 Å². The van der Waals surface area contributed by atoms with Gasteiger partial charge in [0.2, 0.25) is 5.91 Å². The van der Waals surface area contributed by atoms with E-state index in [4.69, 9.17) is 18.0 Å². The number of rotatable bonds is 3. The SMILES string of the molecule is C#CC(C)(C)NC(=O)C=Cc1ccccc1Cl. The molecule has 1 N–H and O–H groups in total. The summed E-state index contributed by atoms with van der Waals surface area (Å²) in [6.45, 7) is 3.52. The third-order valence-electron chi connectivity index (χ3n) is 2.12. The van der Waals surface area contributed by atoms with E-state index in [9.17, 15) is 4.79 Å². The lowest BCUT2D eigenvalue weighted by molar-refractivity contribution is -0.117. The molecule has 1 aromatic rings. The number of terminal acetylenes is 1. The zero-order chi connectivity index (χ0) is 12.9. The summed E-state index contributed by atoms with van der Waals surface area (Å²) in [5, 5.41) is 3.30. The predicted octanol–water partition coefficient (Wildman–Crippen LogP) is 2.88. The minimum atomic E-state index is -0.651. The van der Waals surface area contributed by atoms with E-state index >= 15 is 0 Å². The second-order valence-electron chi connectivity index (χ2n) is 4.11. The average Bonchev–Trinajstić information content (AvgIpc) is 2.27. The number of hydrogen-bond acceptors (Lipinski definition) is 1. The standard InChI is InChI=1S/C14H14ClNO/c1-4-14(2,3)16-13(17)10-9-11-7-5-6-8-12(11)15/h1,5-10H,2-3H3,(H,16,17). The van der Waals surface area contributed by atoms with Crippen molar-refractivity contribution in [2.45, 2.75) is 19.4 Å². The van der Waals surface area contributed by atoms with Gasteiger partial charge in [0.1, 0.15) is 0 Å². The Kier molecular flexibility index (Phi) is 4.37. The van der Waals surface area contributed by atoms with Crippen LogP contribution < -0.4 is 5.32 Å². The van der Waals surface area contributed by atoms with Gasteiger partial charge < -0.3 is 5.32 Å². The van der Waals surface area contributed by atoms with Gasteiger partial charge >= 0.3 is 0 Å². The summed E-state index contributed by atoms with van der Waals surface area (Å²) >= 11 is 5.95. The zero-order valence-corrected chi connectivity index (χ0v) is 10.6. The topological polar surface area (TPSA) is 29.1 Å². The number of halogens is 1. The van der Waals surface area contributed by atoms with E-state index in [1.54, 1.807) is 26.0 Å². The van der Waals surface area contributed by atoms with Crippen LogP contribution in [0.5, 0.6) is 0 Å². The Morgan fingerprint density at radius 3 is 2.71 bits per heavy atom. The fraction of sp³-hybridized carbons (Fsp3) is 0.214. The average molecular weight is 248 g/mol. The summed E-state index contributed by atoms with van der Waals surface area (Å²) in [5.74, 6) is 2.25. The van der Waals surface area contributed by atoms with E-state index in [1.807, 2.05) is 18.2 Å². The molecule has 1 amide bonds. The van der Waals surface area contributed by atoms with Crippen molar-refractivity contribution in [2.75, 3.05) is 0 Å². The molecule has 0 aliphatic carbocycles. The molecule has 0 radical (unpaired) electrons. The first-order chi connectivity index (χ1) is 7.94. The summed E-state index contributed by atoms with van der Waals surface area (Å²) in [7, 11) is 0. The monoisotopic (exact) mass is 247 g/mol. The van der Waals surface area contributed by atoms with Crippen molar-refractivity contribution in [1.29, 1.82) is 0 Å². The highest BCUT2D eigenvalue weighted by Crippen LogP contribution is 2.16. The number of benzene rings is 1. The van der Waals surface area contributed by atoms with Crippen molar-refractivity contribution in [1.82, 2.24) is 5.32 Å². The Morgan fingerprint density at radius 1 is 1.47 bits per heavy atom. The molecule has 0 aromatic heterocycles. The molecule has 3 heteroatoms. The summed E-state index contributed by atoms with van der Waals surface area (Å²) in [5.41, 5.74) is 0.143. The van der Waals surface area contributed by atoms with E-state index in [2.05, 4.69) is 11.2 Å². The zero-order valence-electron chi connectivity index (χ0n) is 9.83. The van der Waals surface area contributed by atoms with Crippen LogP contribution in [0.15, 0.2) is 30.3 Å². The number of amides is 1. The molecule has 0 aliphatic rings. The van der Waals surface area contributed by atoms with Crippen LogP contribution in [0.1, 0.15) is 19.4 Å². The second kappa shape index (κ2) is 5.56. The quantitative estimate of drug-likeness (QED) is 0.646. The molecule has 0 fully saturated rings. The van der Waals surface area contributed by atoms with Crippen LogP contribution in [0.25, 0.3) is 6.08 Å². The highest BCUT2D eigenvalue weighted by molar-refractivity contribution is 6.32. The maximum absolute atomic E-state index is 11.6. The van der Waals surface area contributed by atoms with Crippen LogP contribution in [0.4, 0.5) is 0 Å². The maximum Gasteiger partial charge on any atom is 0.245 e. The first-order valence-corrected chi connectivity index (χ1v) is 5.55. The molecule has 1 rings (SSSR count). The molecular formula is C14H14ClNO. The minimum Gasteiger partial charge on any atom is -0.337 e. The Balaban J connectivity index is 2.71. The predicted molar refractivity (Wildman–Crippen MR) is 71.5 cm³/mol. The lowest BCUT2D eigenvalue weighted by Gasteiger charge is -2.17. The lowest BCUT2D eigenvalue weighted by atomic mass is 10.1. The third-order valence-corrected chi connectivity index (χ3v) is 2.46. The molecule has 2 nitrogen and oxygen atoms in total. The van der Waals surface area contributed by atoms with Crippen molar-refractivity contribution >= 4 is 23.6 Å². The molecule has 0 heterocycles. The van der Waals surface area contributed by atoms with Crippen molar-refractivity contribution in [3.8, 4) is 12.3 Å². The van der Waals surface area contributed by atoms with Gasteiger partial charge in [-0.05, 0) is 31.6 Å². The molecule has 1 aromatic carbocycles. The number of carbonyl (C=O) groups excluding carboxylic acids is 1. The molecule has 0 atom stereocenters. The van der Waals surface area contributed by atoms with Gasteiger partial charge in [0.25, 0.3) is 0 Å². The lowest BCUT2D eigenvalue weighted by Crippen LogP contribution is -2.41. The number of carbonyl (C=O) groups is 1. The fourth-order valence-electron chi connectivity index (χ4n) is 1.16. The van der Waals surface area contributed by atoms with Crippen LogP contribution >= 0.6 is 11.6 Å². The summed E-state index contributed by atoms with van der Waals surface area (Å²) in [4.78, 5) is 11.6. The van der Waals surface area contributed by atoms with Gasteiger partial charge in [-0.15, -0.1) is 6.42 Å². The van der Waals surface area contributed by atoms with E-state index in [-0.39, 0.29) is 5.91 Å². The summed E-state index contributed by atoms with van der Waals surface area (Å²) in [6.07, 6.45) is 8.35. The van der Waals surface area contributed by atoms with Gasteiger partial charge in [-0.2, -0.15) is 0 Å². The van der Waals surface area contributed by atoms with Gasteiger partial charge in [0.15, 0.2) is 0 Å². The molecule has 17 heavy (non-hydrogen) atoms. The van der Waals surface area contributed by atoms with E-state index in [0.717, 1.165) is 5.56 Å². The molecule has 0 unspecified atom stereocenters. The summed E-state index contributed by atoms with van der Waals surface area (Å²) in [6, 6.07) is 7.29. The summed E-state index contributed by atoms with van der Waals surface area (Å²) < 4.78 is 0. The first-order valence-electron chi connectivity index (χ1n) is 5.17. The smallest absolute Gasteiger partial charge is 0.245 e. The van der Waals surface area contributed by atoms with E-state index in [1.165, 1.54) is 6.08 Å². The second-order valence-corrected chi connectivity index (χ2v) is 4.52. The molecular weight excluding hydrogens is 234 g/mol.